The van der Waals surface area contributed by atoms with Crippen LogP contribution in [0, 0.1) is 0 Å². The first-order valence-corrected chi connectivity index (χ1v) is 4.43. The number of primary amides is 1. The van der Waals surface area contributed by atoms with E-state index in [9.17, 15) is 9.59 Å². The summed E-state index contributed by atoms with van der Waals surface area (Å²) in [6.45, 7) is 0. The van der Waals surface area contributed by atoms with Gasteiger partial charge in [0.1, 0.15) is 5.38 Å². The molecule has 1 unspecified atom stereocenters. The van der Waals surface area contributed by atoms with Crippen LogP contribution < -0.4 is 10.6 Å². The van der Waals surface area contributed by atoms with E-state index in [0.29, 0.717) is 11.3 Å². The van der Waals surface area contributed by atoms with Crippen molar-refractivity contribution < 1.29 is 9.59 Å². The first kappa shape index (κ1) is 9.02. The number of carbonyl (C=O) groups excluding carboxylic acids is 2. The largest absolute Gasteiger partial charge is 0.351 e. The average molecular weight is 211 g/mol. The molecule has 1 heterocycles. The monoisotopic (exact) mass is 210 g/mol. The van der Waals surface area contributed by atoms with Gasteiger partial charge in [-0.15, -0.1) is 11.6 Å². The number of benzene rings is 1. The minimum Gasteiger partial charge on any atom is -0.351 e. The van der Waals surface area contributed by atoms with Gasteiger partial charge in [-0.2, -0.15) is 0 Å². The van der Waals surface area contributed by atoms with E-state index in [4.69, 9.17) is 17.3 Å². The van der Waals surface area contributed by atoms with Crippen LogP contribution in [0.25, 0.3) is 0 Å². The lowest BCUT2D eigenvalue weighted by Crippen LogP contribution is -2.38. The lowest BCUT2D eigenvalue weighted by Gasteiger charge is -2.10. The molecule has 1 aliphatic heterocycles. The Bertz CT molecular complexity index is 419. The van der Waals surface area contributed by atoms with Gasteiger partial charge in [0, 0.05) is 5.56 Å². The van der Waals surface area contributed by atoms with Crippen molar-refractivity contribution in [2.24, 2.45) is 5.73 Å². The van der Waals surface area contributed by atoms with E-state index in [-0.39, 0.29) is 0 Å². The summed E-state index contributed by atoms with van der Waals surface area (Å²) < 4.78 is 0. The molecule has 0 aromatic heterocycles. The molecular formula is C9H7ClN2O2. The number of fused-ring (bicyclic) bond motifs is 1. The third kappa shape index (κ3) is 1.08. The van der Waals surface area contributed by atoms with E-state index in [1.165, 1.54) is 0 Å². The number of rotatable bonds is 0. The molecule has 1 aliphatic rings. The van der Waals surface area contributed by atoms with Crippen LogP contribution in [-0.2, 0) is 4.79 Å². The minimum absolute atomic E-state index is 0.477. The quantitative estimate of drug-likeness (QED) is 0.658. The molecule has 1 aromatic carbocycles. The highest BCUT2D eigenvalue weighted by Gasteiger charge is 2.38. The van der Waals surface area contributed by atoms with Crippen LogP contribution in [0.5, 0.6) is 0 Å². The Morgan fingerprint density at radius 3 is 2.71 bits per heavy atom. The number of nitrogens with two attached hydrogens (primary N) is 1. The minimum atomic E-state index is -0.807. The Hall–Kier alpha value is -1.55. The number of imide groups is 1. The summed E-state index contributed by atoms with van der Waals surface area (Å²) in [5.41, 5.74) is 6.17. The smallest absolute Gasteiger partial charge is 0.326 e. The van der Waals surface area contributed by atoms with Gasteiger partial charge in [-0.1, -0.05) is 18.2 Å². The molecule has 0 aliphatic carbocycles. The highest BCUT2D eigenvalue weighted by molar-refractivity contribution is 6.38. The van der Waals surface area contributed by atoms with Gasteiger partial charge in [0.25, 0.3) is 5.91 Å². The van der Waals surface area contributed by atoms with Gasteiger partial charge in [-0.3, -0.25) is 4.79 Å². The highest BCUT2D eigenvalue weighted by atomic mass is 35.5. The standard InChI is InChI=1S/C9H7ClN2O2/c10-7-5-3-1-2-4-6(5)12(8(7)13)9(11)14/h1-4,7H,(H2,11,14). The SMILES string of the molecule is NC(=O)N1C(=O)C(Cl)c2ccccc21. The number of amides is 3. The lowest BCUT2D eigenvalue weighted by molar-refractivity contribution is -0.117. The molecule has 14 heavy (non-hydrogen) atoms. The third-order valence-corrected chi connectivity index (χ3v) is 2.53. The van der Waals surface area contributed by atoms with Crippen molar-refractivity contribution in [3.8, 4) is 0 Å². The first-order valence-electron chi connectivity index (χ1n) is 3.99. The van der Waals surface area contributed by atoms with E-state index in [2.05, 4.69) is 0 Å². The van der Waals surface area contributed by atoms with Gasteiger partial charge in [-0.25, -0.2) is 9.69 Å². The number of hydrogen-bond acceptors (Lipinski definition) is 2. The van der Waals surface area contributed by atoms with Crippen LogP contribution in [0.1, 0.15) is 10.9 Å². The van der Waals surface area contributed by atoms with Crippen LogP contribution in [0.2, 0.25) is 0 Å². The number of halogens is 1. The van der Waals surface area contributed by atoms with Crippen LogP contribution in [-0.4, -0.2) is 11.9 Å². The normalized spacial score (nSPS) is 19.6. The topological polar surface area (TPSA) is 63.4 Å². The van der Waals surface area contributed by atoms with Crippen LogP contribution in [0.3, 0.4) is 0 Å². The molecule has 0 bridgehead atoms. The molecule has 1 aromatic rings. The molecule has 0 fully saturated rings. The van der Waals surface area contributed by atoms with E-state index < -0.39 is 17.3 Å². The molecule has 0 spiro atoms. The van der Waals surface area contributed by atoms with Crippen molar-refractivity contribution in [1.82, 2.24) is 0 Å². The van der Waals surface area contributed by atoms with Crippen molar-refractivity contribution in [2.75, 3.05) is 4.90 Å². The predicted molar refractivity (Wildman–Crippen MR) is 52.1 cm³/mol. The number of anilines is 1. The van der Waals surface area contributed by atoms with Gasteiger partial charge >= 0.3 is 6.03 Å². The number of urea groups is 1. The number of alkyl halides is 1. The number of para-hydroxylation sites is 1. The molecule has 1 atom stereocenters. The molecule has 0 radical (unpaired) electrons. The zero-order valence-corrected chi connectivity index (χ0v) is 7.86. The Morgan fingerprint density at radius 1 is 1.43 bits per heavy atom. The molecule has 4 nitrogen and oxygen atoms in total. The van der Waals surface area contributed by atoms with E-state index in [0.717, 1.165) is 4.90 Å². The Balaban J connectivity index is 2.59. The average Bonchev–Trinajstić information content (AvgIpc) is 2.41. The van der Waals surface area contributed by atoms with E-state index >= 15 is 0 Å². The third-order valence-electron chi connectivity index (χ3n) is 2.11. The first-order chi connectivity index (χ1) is 6.63. The molecular weight excluding hydrogens is 204 g/mol. The number of nitrogens with zero attached hydrogens (tertiary/aromatic N) is 1. The van der Waals surface area contributed by atoms with Crippen molar-refractivity contribution >= 4 is 29.2 Å². The maximum atomic E-state index is 11.5. The highest BCUT2D eigenvalue weighted by Crippen LogP contribution is 2.38. The zero-order valence-electron chi connectivity index (χ0n) is 7.11. The van der Waals surface area contributed by atoms with Crippen molar-refractivity contribution in [3.05, 3.63) is 29.8 Å². The van der Waals surface area contributed by atoms with Crippen molar-refractivity contribution in [2.45, 2.75) is 5.38 Å². The van der Waals surface area contributed by atoms with Gasteiger partial charge in [0.2, 0.25) is 0 Å². The molecule has 2 rings (SSSR count). The second kappa shape index (κ2) is 2.99. The van der Waals surface area contributed by atoms with Crippen LogP contribution >= 0.6 is 11.6 Å². The fourth-order valence-corrected chi connectivity index (χ4v) is 1.78. The number of carbonyl (C=O) groups is 2. The molecule has 0 saturated carbocycles. The maximum absolute atomic E-state index is 11.5. The molecule has 2 N–H and O–H groups in total. The van der Waals surface area contributed by atoms with Gasteiger partial charge in [0.05, 0.1) is 5.69 Å². The summed E-state index contributed by atoms with van der Waals surface area (Å²) in [4.78, 5) is 23.4. The summed E-state index contributed by atoms with van der Waals surface area (Å²) in [6, 6.07) is 6.02. The molecule has 0 saturated heterocycles. The van der Waals surface area contributed by atoms with Crippen molar-refractivity contribution in [3.63, 3.8) is 0 Å². The lowest BCUT2D eigenvalue weighted by atomic mass is 10.2. The summed E-state index contributed by atoms with van der Waals surface area (Å²) in [5, 5.41) is -0.807. The Labute approximate surface area is 85.2 Å². The van der Waals surface area contributed by atoms with Gasteiger partial charge in [-0.05, 0) is 6.07 Å². The van der Waals surface area contributed by atoms with Crippen molar-refractivity contribution in [1.29, 1.82) is 0 Å². The fraction of sp³-hybridized carbons (Fsp3) is 0.111. The predicted octanol–water partition coefficient (Wildman–Crippen LogP) is 1.39. The second-order valence-corrected chi connectivity index (χ2v) is 3.37. The second-order valence-electron chi connectivity index (χ2n) is 2.93. The van der Waals surface area contributed by atoms with E-state index in [1.54, 1.807) is 24.3 Å². The maximum Gasteiger partial charge on any atom is 0.326 e. The van der Waals surface area contributed by atoms with Gasteiger partial charge < -0.3 is 5.73 Å². The molecule has 5 heteroatoms. The van der Waals surface area contributed by atoms with Crippen LogP contribution in [0.15, 0.2) is 24.3 Å². The summed E-state index contributed by atoms with van der Waals surface area (Å²) in [7, 11) is 0. The fourth-order valence-electron chi connectivity index (χ4n) is 1.50. The summed E-state index contributed by atoms with van der Waals surface area (Å²) in [5.74, 6) is -0.486. The molecule has 72 valence electrons. The van der Waals surface area contributed by atoms with Crippen LogP contribution in [0.4, 0.5) is 10.5 Å². The Morgan fingerprint density at radius 2 is 2.07 bits per heavy atom. The zero-order chi connectivity index (χ0) is 10.3. The number of hydrogen-bond donors (Lipinski definition) is 1. The summed E-state index contributed by atoms with van der Waals surface area (Å²) >= 11 is 5.83. The molecule has 3 amide bonds. The van der Waals surface area contributed by atoms with E-state index in [1.807, 2.05) is 0 Å². The summed E-state index contributed by atoms with van der Waals surface area (Å²) in [6.07, 6.45) is 0. The van der Waals surface area contributed by atoms with Gasteiger partial charge in [0.15, 0.2) is 0 Å². The Kier molecular flexibility index (Phi) is 1.93.